The van der Waals surface area contributed by atoms with Gasteiger partial charge in [-0.15, -0.1) is 11.3 Å². The van der Waals surface area contributed by atoms with Gasteiger partial charge >= 0.3 is 0 Å². The van der Waals surface area contributed by atoms with Crippen LogP contribution in [0.2, 0.25) is 0 Å². The number of nitrogens with zero attached hydrogens (tertiary/aromatic N) is 2. The first-order chi connectivity index (χ1) is 9.20. The van der Waals surface area contributed by atoms with Gasteiger partial charge in [-0.25, -0.2) is 4.98 Å². The van der Waals surface area contributed by atoms with Crippen molar-refractivity contribution in [2.75, 3.05) is 13.6 Å². The molecule has 0 amide bonds. The summed E-state index contributed by atoms with van der Waals surface area (Å²) in [5.41, 5.74) is 2.37. The SMILES string of the molecule is CN(Cc1csc(-c2ccsc2)n1)CC1CC(O)C1. The molecular weight excluding hydrogens is 276 g/mol. The van der Waals surface area contributed by atoms with E-state index in [4.69, 9.17) is 4.98 Å². The Hall–Kier alpha value is -0.750. The van der Waals surface area contributed by atoms with Crippen molar-refractivity contribution < 1.29 is 5.11 Å². The van der Waals surface area contributed by atoms with E-state index in [1.165, 1.54) is 5.56 Å². The second-order valence-corrected chi connectivity index (χ2v) is 6.98. The van der Waals surface area contributed by atoms with Gasteiger partial charge in [-0.1, -0.05) is 0 Å². The predicted octanol–water partition coefficient (Wildman–Crippen LogP) is 3.07. The molecule has 0 saturated heterocycles. The maximum absolute atomic E-state index is 9.30. The van der Waals surface area contributed by atoms with Crippen LogP contribution in [0, 0.1) is 5.92 Å². The summed E-state index contributed by atoms with van der Waals surface area (Å²) in [5.74, 6) is 0.662. The fourth-order valence-electron chi connectivity index (χ4n) is 2.53. The predicted molar refractivity (Wildman–Crippen MR) is 80.5 cm³/mol. The van der Waals surface area contributed by atoms with Crippen LogP contribution in [0.4, 0.5) is 0 Å². The van der Waals surface area contributed by atoms with E-state index in [9.17, 15) is 5.11 Å². The molecule has 5 heteroatoms. The number of aliphatic hydroxyl groups is 1. The zero-order chi connectivity index (χ0) is 13.2. The molecule has 0 spiro atoms. The summed E-state index contributed by atoms with van der Waals surface area (Å²) in [6.07, 6.45) is 1.87. The Kier molecular flexibility index (Phi) is 3.98. The molecule has 1 fully saturated rings. The number of aliphatic hydroxyl groups excluding tert-OH is 1. The molecule has 0 aliphatic heterocycles. The molecule has 0 aromatic carbocycles. The lowest BCUT2D eigenvalue weighted by atomic mass is 9.82. The molecular formula is C14H18N2OS2. The van der Waals surface area contributed by atoms with E-state index in [1.54, 1.807) is 22.7 Å². The highest BCUT2D eigenvalue weighted by Crippen LogP contribution is 2.29. The second-order valence-electron chi connectivity index (χ2n) is 5.34. The molecule has 0 radical (unpaired) electrons. The van der Waals surface area contributed by atoms with Crippen LogP contribution in [0.3, 0.4) is 0 Å². The van der Waals surface area contributed by atoms with Crippen LogP contribution >= 0.6 is 22.7 Å². The van der Waals surface area contributed by atoms with Crippen LogP contribution in [-0.4, -0.2) is 34.7 Å². The van der Waals surface area contributed by atoms with Crippen molar-refractivity contribution in [3.8, 4) is 10.6 Å². The van der Waals surface area contributed by atoms with Crippen molar-refractivity contribution in [2.45, 2.75) is 25.5 Å². The number of aromatic nitrogens is 1. The zero-order valence-corrected chi connectivity index (χ0v) is 12.6. The van der Waals surface area contributed by atoms with Crippen LogP contribution in [0.15, 0.2) is 22.2 Å². The van der Waals surface area contributed by atoms with E-state index in [1.807, 2.05) is 0 Å². The molecule has 0 bridgehead atoms. The molecule has 2 aromatic heterocycles. The van der Waals surface area contributed by atoms with E-state index in [-0.39, 0.29) is 6.10 Å². The van der Waals surface area contributed by atoms with Crippen molar-refractivity contribution >= 4 is 22.7 Å². The molecule has 1 aliphatic carbocycles. The fraction of sp³-hybridized carbons (Fsp3) is 0.500. The summed E-state index contributed by atoms with van der Waals surface area (Å²) in [5, 5.41) is 16.8. The Morgan fingerprint density at radius 3 is 2.95 bits per heavy atom. The number of hydrogen-bond acceptors (Lipinski definition) is 5. The highest BCUT2D eigenvalue weighted by Gasteiger charge is 2.27. The molecule has 102 valence electrons. The van der Waals surface area contributed by atoms with E-state index >= 15 is 0 Å². The standard InChI is InChI=1S/C14H18N2OS2/c1-16(6-10-4-13(17)5-10)7-12-9-19-14(15-12)11-2-3-18-8-11/h2-3,8-10,13,17H,4-7H2,1H3. The van der Waals surface area contributed by atoms with Gasteiger partial charge in [0.1, 0.15) is 5.01 Å². The minimum atomic E-state index is -0.0529. The van der Waals surface area contributed by atoms with Gasteiger partial charge in [-0.3, -0.25) is 0 Å². The van der Waals surface area contributed by atoms with Gasteiger partial charge in [0.15, 0.2) is 0 Å². The van der Waals surface area contributed by atoms with Crippen LogP contribution < -0.4 is 0 Å². The van der Waals surface area contributed by atoms with Gasteiger partial charge in [0.25, 0.3) is 0 Å². The molecule has 19 heavy (non-hydrogen) atoms. The quantitative estimate of drug-likeness (QED) is 0.920. The minimum Gasteiger partial charge on any atom is -0.393 e. The topological polar surface area (TPSA) is 36.4 Å². The highest BCUT2D eigenvalue weighted by molar-refractivity contribution is 7.14. The minimum absolute atomic E-state index is 0.0529. The summed E-state index contributed by atoms with van der Waals surface area (Å²) in [6.45, 7) is 1.95. The first-order valence-electron chi connectivity index (χ1n) is 6.54. The van der Waals surface area contributed by atoms with Crippen molar-refractivity contribution in [3.05, 3.63) is 27.9 Å². The van der Waals surface area contributed by atoms with Crippen molar-refractivity contribution in [3.63, 3.8) is 0 Å². The lowest BCUT2D eigenvalue weighted by Crippen LogP contribution is -2.36. The van der Waals surface area contributed by atoms with Gasteiger partial charge in [0.05, 0.1) is 11.8 Å². The molecule has 0 atom stereocenters. The number of thiazole rings is 1. The monoisotopic (exact) mass is 294 g/mol. The first kappa shape index (κ1) is 13.2. The number of thiophene rings is 1. The second kappa shape index (κ2) is 5.71. The van der Waals surface area contributed by atoms with Gasteiger partial charge in [0.2, 0.25) is 0 Å². The van der Waals surface area contributed by atoms with Crippen LogP contribution in [0.25, 0.3) is 10.6 Å². The van der Waals surface area contributed by atoms with Crippen molar-refractivity contribution in [2.24, 2.45) is 5.92 Å². The Bertz CT molecular complexity index is 517. The molecule has 1 saturated carbocycles. The average Bonchev–Trinajstić information content (AvgIpc) is 2.96. The van der Waals surface area contributed by atoms with Gasteiger partial charge in [0, 0.05) is 29.4 Å². The molecule has 1 N–H and O–H groups in total. The van der Waals surface area contributed by atoms with Gasteiger partial charge in [-0.2, -0.15) is 11.3 Å². The van der Waals surface area contributed by atoms with E-state index in [0.717, 1.165) is 36.6 Å². The van der Waals surface area contributed by atoms with Gasteiger partial charge < -0.3 is 10.0 Å². The molecule has 3 rings (SSSR count). The zero-order valence-electron chi connectivity index (χ0n) is 11.0. The average molecular weight is 294 g/mol. The van der Waals surface area contributed by atoms with Crippen LogP contribution in [-0.2, 0) is 6.54 Å². The molecule has 2 aromatic rings. The highest BCUT2D eigenvalue weighted by atomic mass is 32.1. The molecule has 2 heterocycles. The summed E-state index contributed by atoms with van der Waals surface area (Å²) in [7, 11) is 2.13. The smallest absolute Gasteiger partial charge is 0.124 e. The van der Waals surface area contributed by atoms with Crippen molar-refractivity contribution in [1.29, 1.82) is 0 Å². The Morgan fingerprint density at radius 2 is 2.26 bits per heavy atom. The van der Waals surface area contributed by atoms with Crippen LogP contribution in [0.1, 0.15) is 18.5 Å². The maximum atomic E-state index is 9.30. The van der Waals surface area contributed by atoms with E-state index in [0.29, 0.717) is 5.92 Å². The van der Waals surface area contributed by atoms with Crippen molar-refractivity contribution in [1.82, 2.24) is 9.88 Å². The first-order valence-corrected chi connectivity index (χ1v) is 8.36. The molecule has 3 nitrogen and oxygen atoms in total. The Morgan fingerprint density at radius 1 is 1.42 bits per heavy atom. The van der Waals surface area contributed by atoms with E-state index < -0.39 is 0 Å². The van der Waals surface area contributed by atoms with Crippen LogP contribution in [0.5, 0.6) is 0 Å². The third-order valence-electron chi connectivity index (χ3n) is 3.53. The maximum Gasteiger partial charge on any atom is 0.124 e. The summed E-state index contributed by atoms with van der Waals surface area (Å²) >= 11 is 3.43. The summed E-state index contributed by atoms with van der Waals surface area (Å²) in [6, 6.07) is 2.12. The van der Waals surface area contributed by atoms with E-state index in [2.05, 4.69) is 34.2 Å². The largest absolute Gasteiger partial charge is 0.393 e. The number of hydrogen-bond donors (Lipinski definition) is 1. The number of rotatable bonds is 5. The summed E-state index contributed by atoms with van der Waals surface area (Å²) < 4.78 is 0. The molecule has 0 unspecified atom stereocenters. The third-order valence-corrected chi connectivity index (χ3v) is 5.16. The lowest BCUT2D eigenvalue weighted by Gasteiger charge is -2.34. The Labute approximate surface area is 121 Å². The fourth-order valence-corrected chi connectivity index (χ4v) is 4.05. The Balaban J connectivity index is 1.55. The third kappa shape index (κ3) is 3.23. The van der Waals surface area contributed by atoms with Gasteiger partial charge in [-0.05, 0) is 37.3 Å². The summed E-state index contributed by atoms with van der Waals surface area (Å²) in [4.78, 5) is 7.00. The molecule has 1 aliphatic rings. The normalized spacial score (nSPS) is 22.7. The lowest BCUT2D eigenvalue weighted by molar-refractivity contribution is 0.0272.